The standard InChI is InChI=1S/C18H18BrN3O5/c1-21-17(27-2)20-22(18(21)26)9-10-8-11(19)6-7-12(10)16(25)15-13(23)4-3-5-14(15)24/h6-8,15H,3-5,9H2,1-2H3. The van der Waals surface area contributed by atoms with Crippen LogP contribution in [-0.2, 0) is 23.2 Å². The number of ether oxygens (including phenoxy) is 1. The van der Waals surface area contributed by atoms with E-state index in [9.17, 15) is 19.2 Å². The minimum Gasteiger partial charge on any atom is -0.467 e. The Balaban J connectivity index is 2.01. The molecule has 0 saturated heterocycles. The first kappa shape index (κ1) is 19.2. The minimum absolute atomic E-state index is 0.00560. The molecular formula is C18H18BrN3O5. The maximum Gasteiger partial charge on any atom is 0.348 e. The van der Waals surface area contributed by atoms with Gasteiger partial charge in [0.2, 0.25) is 0 Å². The third-order valence-electron chi connectivity index (χ3n) is 4.59. The summed E-state index contributed by atoms with van der Waals surface area (Å²) in [6, 6.07) is 5.04. The van der Waals surface area contributed by atoms with Crippen molar-refractivity contribution in [3.05, 3.63) is 44.3 Å². The average molecular weight is 436 g/mol. The number of hydrogen-bond acceptors (Lipinski definition) is 6. The van der Waals surface area contributed by atoms with Crippen LogP contribution in [0.5, 0.6) is 6.01 Å². The molecule has 3 rings (SSSR count). The number of nitrogens with zero attached hydrogens (tertiary/aromatic N) is 3. The molecule has 1 fully saturated rings. The molecule has 1 aliphatic carbocycles. The first-order chi connectivity index (χ1) is 12.8. The summed E-state index contributed by atoms with van der Waals surface area (Å²) in [7, 11) is 2.93. The molecule has 0 spiro atoms. The highest BCUT2D eigenvalue weighted by molar-refractivity contribution is 9.10. The monoisotopic (exact) mass is 435 g/mol. The van der Waals surface area contributed by atoms with Gasteiger partial charge in [0.05, 0.1) is 13.7 Å². The molecule has 1 aromatic carbocycles. The van der Waals surface area contributed by atoms with Crippen LogP contribution < -0.4 is 10.4 Å². The minimum atomic E-state index is -1.26. The molecule has 1 saturated carbocycles. The van der Waals surface area contributed by atoms with E-state index in [1.165, 1.54) is 23.4 Å². The van der Waals surface area contributed by atoms with Crippen molar-refractivity contribution in [1.29, 1.82) is 0 Å². The quantitative estimate of drug-likeness (QED) is 0.521. The van der Waals surface area contributed by atoms with Crippen molar-refractivity contribution in [1.82, 2.24) is 14.3 Å². The number of halogens is 1. The summed E-state index contributed by atoms with van der Waals surface area (Å²) in [6.45, 7) is 0.00560. The van der Waals surface area contributed by atoms with Crippen molar-refractivity contribution in [2.45, 2.75) is 25.8 Å². The first-order valence-electron chi connectivity index (χ1n) is 8.39. The molecular weight excluding hydrogens is 418 g/mol. The fourth-order valence-electron chi connectivity index (χ4n) is 3.20. The van der Waals surface area contributed by atoms with E-state index >= 15 is 0 Å². The topological polar surface area (TPSA) is 100 Å². The van der Waals surface area contributed by atoms with Crippen molar-refractivity contribution in [2.75, 3.05) is 7.11 Å². The summed E-state index contributed by atoms with van der Waals surface area (Å²) < 4.78 is 8.15. The summed E-state index contributed by atoms with van der Waals surface area (Å²) in [5, 5.41) is 4.08. The number of rotatable bonds is 5. The van der Waals surface area contributed by atoms with Gasteiger partial charge in [-0.1, -0.05) is 15.9 Å². The van der Waals surface area contributed by atoms with Gasteiger partial charge in [-0.15, -0.1) is 5.10 Å². The second-order valence-electron chi connectivity index (χ2n) is 6.37. The Morgan fingerprint density at radius 3 is 2.52 bits per heavy atom. The summed E-state index contributed by atoms with van der Waals surface area (Å²) in [6.07, 6.45) is 0.938. The third-order valence-corrected chi connectivity index (χ3v) is 5.08. The van der Waals surface area contributed by atoms with Crippen molar-refractivity contribution >= 4 is 33.3 Å². The number of benzene rings is 1. The lowest BCUT2D eigenvalue weighted by Gasteiger charge is -2.19. The molecule has 0 atom stereocenters. The van der Waals surface area contributed by atoms with Gasteiger partial charge in [-0.05, 0) is 30.2 Å². The highest BCUT2D eigenvalue weighted by Crippen LogP contribution is 2.25. The van der Waals surface area contributed by atoms with Crippen LogP contribution in [0.4, 0.5) is 0 Å². The molecule has 8 nitrogen and oxygen atoms in total. The van der Waals surface area contributed by atoms with E-state index in [4.69, 9.17) is 4.74 Å². The molecule has 1 aliphatic rings. The second kappa shape index (κ2) is 7.59. The van der Waals surface area contributed by atoms with Gasteiger partial charge in [0.1, 0.15) is 5.92 Å². The predicted molar refractivity (Wildman–Crippen MR) is 98.9 cm³/mol. The van der Waals surface area contributed by atoms with E-state index in [-0.39, 0.29) is 42.5 Å². The largest absolute Gasteiger partial charge is 0.467 e. The lowest BCUT2D eigenvalue weighted by Crippen LogP contribution is -2.36. The number of hydrogen-bond donors (Lipinski definition) is 0. The highest BCUT2D eigenvalue weighted by Gasteiger charge is 2.37. The van der Waals surface area contributed by atoms with Gasteiger partial charge < -0.3 is 4.74 Å². The fourth-order valence-corrected chi connectivity index (χ4v) is 3.61. The fraction of sp³-hybridized carbons (Fsp3) is 0.389. The molecule has 0 bridgehead atoms. The van der Waals surface area contributed by atoms with Crippen LogP contribution in [0.15, 0.2) is 27.5 Å². The molecule has 27 heavy (non-hydrogen) atoms. The third kappa shape index (κ3) is 3.64. The number of Topliss-reactive ketones (excluding diaryl/α,β-unsaturated/α-hetero) is 3. The molecule has 2 aromatic rings. The Morgan fingerprint density at radius 2 is 1.93 bits per heavy atom. The molecule has 1 heterocycles. The molecule has 0 amide bonds. The van der Waals surface area contributed by atoms with Crippen LogP contribution in [0.25, 0.3) is 0 Å². The van der Waals surface area contributed by atoms with Crippen LogP contribution in [-0.4, -0.2) is 38.8 Å². The Bertz CT molecular complexity index is 975. The molecule has 142 valence electrons. The SMILES string of the molecule is COc1nn(Cc2cc(Br)ccc2C(=O)C2C(=O)CCCC2=O)c(=O)n1C. The van der Waals surface area contributed by atoms with Crippen LogP contribution in [0.1, 0.15) is 35.2 Å². The maximum atomic E-state index is 13.0. The number of carbonyl (C=O) groups excluding carboxylic acids is 3. The van der Waals surface area contributed by atoms with Crippen molar-refractivity contribution in [2.24, 2.45) is 13.0 Å². The zero-order valence-electron chi connectivity index (χ0n) is 14.9. The van der Waals surface area contributed by atoms with Gasteiger partial charge in [0.25, 0.3) is 0 Å². The van der Waals surface area contributed by atoms with E-state index in [0.29, 0.717) is 16.5 Å². The molecule has 1 aromatic heterocycles. The summed E-state index contributed by atoms with van der Waals surface area (Å²) in [4.78, 5) is 49.6. The number of aromatic nitrogens is 3. The van der Waals surface area contributed by atoms with E-state index < -0.39 is 17.4 Å². The molecule has 0 unspecified atom stereocenters. The molecule has 9 heteroatoms. The Kier molecular flexibility index (Phi) is 5.41. The first-order valence-corrected chi connectivity index (χ1v) is 9.18. The predicted octanol–water partition coefficient (Wildman–Crippen LogP) is 1.52. The van der Waals surface area contributed by atoms with E-state index in [0.717, 1.165) is 0 Å². The maximum absolute atomic E-state index is 13.0. The number of methoxy groups -OCH3 is 1. The lowest BCUT2D eigenvalue weighted by molar-refractivity contribution is -0.133. The van der Waals surface area contributed by atoms with Gasteiger partial charge in [-0.3, -0.25) is 14.4 Å². The molecule has 0 N–H and O–H groups in total. The van der Waals surface area contributed by atoms with Gasteiger partial charge in [0.15, 0.2) is 17.3 Å². The van der Waals surface area contributed by atoms with Crippen LogP contribution in [0, 0.1) is 5.92 Å². The Hall–Kier alpha value is -2.55. The zero-order chi connectivity index (χ0) is 19.7. The van der Waals surface area contributed by atoms with Gasteiger partial charge in [-0.25, -0.2) is 14.0 Å². The van der Waals surface area contributed by atoms with Crippen molar-refractivity contribution in [3.8, 4) is 6.01 Å². The van der Waals surface area contributed by atoms with Gasteiger partial charge in [0, 0.05) is 29.9 Å². The van der Waals surface area contributed by atoms with Crippen molar-refractivity contribution < 1.29 is 19.1 Å². The van der Waals surface area contributed by atoms with E-state index in [2.05, 4.69) is 21.0 Å². The smallest absolute Gasteiger partial charge is 0.348 e. The van der Waals surface area contributed by atoms with E-state index in [1.807, 2.05) is 0 Å². The van der Waals surface area contributed by atoms with Crippen LogP contribution in [0.2, 0.25) is 0 Å². The molecule has 0 aliphatic heterocycles. The normalized spacial score (nSPS) is 15.2. The van der Waals surface area contributed by atoms with Crippen LogP contribution in [0.3, 0.4) is 0 Å². The highest BCUT2D eigenvalue weighted by atomic mass is 79.9. The Morgan fingerprint density at radius 1 is 1.26 bits per heavy atom. The lowest BCUT2D eigenvalue weighted by atomic mass is 9.81. The van der Waals surface area contributed by atoms with Crippen molar-refractivity contribution in [3.63, 3.8) is 0 Å². The van der Waals surface area contributed by atoms with Crippen LogP contribution >= 0.6 is 15.9 Å². The number of carbonyl (C=O) groups is 3. The zero-order valence-corrected chi connectivity index (χ0v) is 16.5. The average Bonchev–Trinajstić information content (AvgIpc) is 2.89. The molecule has 0 radical (unpaired) electrons. The summed E-state index contributed by atoms with van der Waals surface area (Å²) in [5.74, 6) is -2.47. The van der Waals surface area contributed by atoms with E-state index in [1.54, 1.807) is 18.2 Å². The number of ketones is 3. The van der Waals surface area contributed by atoms with Gasteiger partial charge in [-0.2, -0.15) is 0 Å². The summed E-state index contributed by atoms with van der Waals surface area (Å²) >= 11 is 3.35. The van der Waals surface area contributed by atoms with Gasteiger partial charge >= 0.3 is 11.7 Å². The second-order valence-corrected chi connectivity index (χ2v) is 7.29. The Labute approximate surface area is 163 Å². The summed E-state index contributed by atoms with van der Waals surface area (Å²) in [5.41, 5.74) is 0.321.